The Morgan fingerprint density at radius 2 is 1.92 bits per heavy atom. The number of carbonyl (C=O) groups excluding carboxylic acids is 1. The van der Waals surface area contributed by atoms with Gasteiger partial charge in [-0.15, -0.1) is 20.1 Å². The van der Waals surface area contributed by atoms with Crippen molar-refractivity contribution in [1.82, 2.24) is 10.3 Å². The number of thiazole rings is 1. The molecule has 1 amide bonds. The molecule has 9 nitrogen and oxygen atoms in total. The Hall–Kier alpha value is -3.93. The van der Waals surface area contributed by atoms with Gasteiger partial charge in [-0.25, -0.2) is 9.78 Å². The number of methoxy groups -OCH3 is 1. The summed E-state index contributed by atoms with van der Waals surface area (Å²) in [5.74, 6) is -0.528. The molecular formula is C25H20F2N2O7S. The van der Waals surface area contributed by atoms with E-state index in [0.29, 0.717) is 41.3 Å². The lowest BCUT2D eigenvalue weighted by molar-refractivity contribution is -0.286. The number of ether oxygens (including phenoxy) is 4. The number of benzene rings is 2. The van der Waals surface area contributed by atoms with Crippen molar-refractivity contribution in [3.63, 3.8) is 0 Å². The largest absolute Gasteiger partial charge is 0.586 e. The van der Waals surface area contributed by atoms with E-state index < -0.39 is 29.8 Å². The van der Waals surface area contributed by atoms with Crippen LogP contribution in [0.25, 0.3) is 0 Å². The average Bonchev–Trinajstić information content (AvgIpc) is 3.40. The monoisotopic (exact) mass is 530 g/mol. The van der Waals surface area contributed by atoms with Gasteiger partial charge in [-0.05, 0) is 42.7 Å². The van der Waals surface area contributed by atoms with Crippen molar-refractivity contribution < 1.29 is 42.4 Å². The van der Waals surface area contributed by atoms with Crippen molar-refractivity contribution in [2.45, 2.75) is 43.1 Å². The Morgan fingerprint density at radius 3 is 2.62 bits per heavy atom. The number of rotatable bonds is 6. The van der Waals surface area contributed by atoms with Crippen molar-refractivity contribution in [2.75, 3.05) is 7.11 Å². The van der Waals surface area contributed by atoms with E-state index in [0.717, 1.165) is 5.56 Å². The van der Waals surface area contributed by atoms with Crippen molar-refractivity contribution in [2.24, 2.45) is 0 Å². The number of aromatic carboxylic acids is 1. The quantitative estimate of drug-likeness (QED) is 0.476. The molecule has 3 aromatic rings. The molecule has 0 spiro atoms. The fraction of sp³-hybridized carbons (Fsp3) is 0.320. The van der Waals surface area contributed by atoms with Crippen LogP contribution in [0.3, 0.4) is 0 Å². The van der Waals surface area contributed by atoms with Crippen LogP contribution in [-0.2, 0) is 10.2 Å². The summed E-state index contributed by atoms with van der Waals surface area (Å²) in [4.78, 5) is 29.1. The number of amides is 1. The predicted molar refractivity (Wildman–Crippen MR) is 124 cm³/mol. The summed E-state index contributed by atoms with van der Waals surface area (Å²) < 4.78 is 47.5. The van der Waals surface area contributed by atoms with Gasteiger partial charge in [0.1, 0.15) is 16.5 Å². The Balaban J connectivity index is 1.28. The van der Waals surface area contributed by atoms with Crippen LogP contribution in [-0.4, -0.2) is 35.4 Å². The number of carboxylic acids is 1. The standard InChI is InChI=1S/C25H20F2N2O7S/c1-33-13-3-4-14-15(10-20(34-18(14)9-13)21-28-16(11-37-21)22(30)31)29-23(32)24(6-7-24)12-2-5-17-19(8-12)36-25(26,27)35-17/h2-5,8-9,11,15,20H,6-7,10H2,1H3,(H,29,32)(H,30,31)/t15-,20-/m1/s1. The summed E-state index contributed by atoms with van der Waals surface area (Å²) in [6, 6.07) is 9.22. The maximum absolute atomic E-state index is 13.6. The molecule has 3 aliphatic rings. The molecule has 0 unspecified atom stereocenters. The first-order valence-corrected chi connectivity index (χ1v) is 12.3. The number of carbonyl (C=O) groups is 2. The molecule has 2 N–H and O–H groups in total. The Labute approximate surface area is 212 Å². The molecule has 1 aromatic heterocycles. The minimum atomic E-state index is -3.74. The molecule has 0 saturated heterocycles. The van der Waals surface area contributed by atoms with E-state index >= 15 is 0 Å². The second-order valence-corrected chi connectivity index (χ2v) is 9.95. The third kappa shape index (κ3) is 4.10. The minimum absolute atomic E-state index is 0.0778. The van der Waals surface area contributed by atoms with Crippen LogP contribution in [0, 0.1) is 0 Å². The van der Waals surface area contributed by atoms with Crippen LogP contribution in [0.15, 0.2) is 41.8 Å². The molecule has 1 aliphatic carbocycles. The molecule has 0 bridgehead atoms. The summed E-state index contributed by atoms with van der Waals surface area (Å²) in [5, 5.41) is 14.3. The maximum atomic E-state index is 13.6. The van der Waals surface area contributed by atoms with Crippen LogP contribution in [0.4, 0.5) is 8.78 Å². The minimum Gasteiger partial charge on any atom is -0.497 e. The van der Waals surface area contributed by atoms with Crippen LogP contribution < -0.4 is 24.3 Å². The molecular weight excluding hydrogens is 510 g/mol. The molecule has 2 aromatic carbocycles. The first-order valence-electron chi connectivity index (χ1n) is 11.4. The van der Waals surface area contributed by atoms with Gasteiger partial charge in [0.2, 0.25) is 5.91 Å². The number of hydrogen-bond acceptors (Lipinski definition) is 8. The van der Waals surface area contributed by atoms with Crippen LogP contribution in [0.2, 0.25) is 0 Å². The molecule has 1 saturated carbocycles. The summed E-state index contributed by atoms with van der Waals surface area (Å²) >= 11 is 1.17. The third-order valence-corrected chi connectivity index (χ3v) is 7.71. The van der Waals surface area contributed by atoms with E-state index in [9.17, 15) is 23.5 Å². The van der Waals surface area contributed by atoms with E-state index in [1.807, 2.05) is 6.07 Å². The highest BCUT2D eigenvalue weighted by molar-refractivity contribution is 7.09. The number of nitrogens with one attached hydrogen (secondary N) is 1. The summed E-state index contributed by atoms with van der Waals surface area (Å²) in [7, 11) is 1.53. The van der Waals surface area contributed by atoms with E-state index in [2.05, 4.69) is 19.8 Å². The number of nitrogens with zero attached hydrogens (tertiary/aromatic N) is 1. The number of alkyl halides is 2. The first kappa shape index (κ1) is 23.5. The van der Waals surface area contributed by atoms with Gasteiger partial charge in [0, 0.05) is 23.4 Å². The van der Waals surface area contributed by atoms with Gasteiger partial charge in [0.15, 0.2) is 23.3 Å². The van der Waals surface area contributed by atoms with E-state index in [1.54, 1.807) is 18.2 Å². The van der Waals surface area contributed by atoms with Gasteiger partial charge in [0.25, 0.3) is 0 Å². The first-order chi connectivity index (χ1) is 17.7. The molecule has 37 heavy (non-hydrogen) atoms. The molecule has 1 fully saturated rings. The summed E-state index contributed by atoms with van der Waals surface area (Å²) in [6.45, 7) is 0. The predicted octanol–water partition coefficient (Wildman–Crippen LogP) is 4.58. The Morgan fingerprint density at radius 1 is 1.14 bits per heavy atom. The van der Waals surface area contributed by atoms with E-state index in [1.165, 1.54) is 36.0 Å². The lowest BCUT2D eigenvalue weighted by Gasteiger charge is -2.33. The average molecular weight is 531 g/mol. The van der Waals surface area contributed by atoms with E-state index in [4.69, 9.17) is 9.47 Å². The van der Waals surface area contributed by atoms with Crippen molar-refractivity contribution in [3.05, 3.63) is 63.6 Å². The molecule has 6 rings (SSSR count). The molecule has 3 heterocycles. The van der Waals surface area contributed by atoms with Crippen LogP contribution in [0.5, 0.6) is 23.0 Å². The number of fused-ring (bicyclic) bond motifs is 2. The Kier molecular flexibility index (Phi) is 5.26. The van der Waals surface area contributed by atoms with Crippen molar-refractivity contribution in [1.29, 1.82) is 0 Å². The number of halogens is 2. The van der Waals surface area contributed by atoms with Gasteiger partial charge in [0.05, 0.1) is 18.6 Å². The molecule has 2 aliphatic heterocycles. The number of carboxylic acid groups (broad SMARTS) is 1. The SMILES string of the molecule is COc1ccc2c(c1)O[C@@H](c1nc(C(=O)O)cs1)C[C@H]2NC(=O)C1(c2ccc3c(c2)OC(F)(F)O3)CC1. The molecule has 0 radical (unpaired) electrons. The van der Waals surface area contributed by atoms with Gasteiger partial charge < -0.3 is 29.4 Å². The van der Waals surface area contributed by atoms with Crippen LogP contribution in [0.1, 0.15) is 58.0 Å². The van der Waals surface area contributed by atoms with Crippen molar-refractivity contribution >= 4 is 23.2 Å². The maximum Gasteiger partial charge on any atom is 0.586 e. The summed E-state index contributed by atoms with van der Waals surface area (Å²) in [5.41, 5.74) is 0.344. The number of hydrogen-bond donors (Lipinski definition) is 2. The van der Waals surface area contributed by atoms with Crippen molar-refractivity contribution in [3.8, 4) is 23.0 Å². The van der Waals surface area contributed by atoms with E-state index in [-0.39, 0.29) is 23.1 Å². The van der Waals surface area contributed by atoms with Crippen LogP contribution >= 0.6 is 11.3 Å². The zero-order chi connectivity index (χ0) is 25.9. The molecule has 12 heteroatoms. The van der Waals surface area contributed by atoms with Gasteiger partial charge in [-0.3, -0.25) is 4.79 Å². The fourth-order valence-electron chi connectivity index (χ4n) is 4.71. The number of aromatic nitrogens is 1. The molecule has 2 atom stereocenters. The summed E-state index contributed by atoms with van der Waals surface area (Å²) in [6.07, 6.45) is -2.92. The Bertz CT molecular complexity index is 1420. The van der Waals surface area contributed by atoms with Gasteiger partial charge in [-0.2, -0.15) is 0 Å². The van der Waals surface area contributed by atoms with Gasteiger partial charge >= 0.3 is 12.3 Å². The zero-order valence-corrected chi connectivity index (χ0v) is 20.1. The highest BCUT2D eigenvalue weighted by Crippen LogP contribution is 2.53. The fourth-order valence-corrected chi connectivity index (χ4v) is 5.54. The smallest absolute Gasteiger partial charge is 0.497 e. The van der Waals surface area contributed by atoms with Gasteiger partial charge in [-0.1, -0.05) is 6.07 Å². The lowest BCUT2D eigenvalue weighted by Crippen LogP contribution is -2.39. The lowest BCUT2D eigenvalue weighted by atomic mass is 9.91. The second-order valence-electron chi connectivity index (χ2n) is 9.06. The molecule has 192 valence electrons. The zero-order valence-electron chi connectivity index (χ0n) is 19.3. The highest BCUT2D eigenvalue weighted by atomic mass is 32.1. The third-order valence-electron chi connectivity index (χ3n) is 6.78. The highest BCUT2D eigenvalue weighted by Gasteiger charge is 2.53. The second kappa shape index (κ2) is 8.30. The topological polar surface area (TPSA) is 116 Å². The normalized spacial score (nSPS) is 21.9.